The van der Waals surface area contributed by atoms with E-state index in [0.717, 1.165) is 12.8 Å². The second-order valence-electron chi connectivity index (χ2n) is 3.84. The monoisotopic (exact) mass is 318 g/mol. The highest BCUT2D eigenvalue weighted by Gasteiger charge is 2.14. The zero-order valence-corrected chi connectivity index (χ0v) is 12.0. The van der Waals surface area contributed by atoms with E-state index >= 15 is 0 Å². The van der Waals surface area contributed by atoms with E-state index in [0.29, 0.717) is 21.6 Å². The van der Waals surface area contributed by atoms with Crippen molar-refractivity contribution in [2.45, 2.75) is 32.2 Å². The molecule has 94 valence electrons. The van der Waals surface area contributed by atoms with Gasteiger partial charge >= 0.3 is 0 Å². The Morgan fingerprint density at radius 2 is 2.29 bits per heavy atom. The van der Waals surface area contributed by atoms with Crippen molar-refractivity contribution >= 4 is 39.1 Å². The molecule has 3 nitrogen and oxygen atoms in total. The smallest absolute Gasteiger partial charge is 0.241 e. The van der Waals surface area contributed by atoms with Gasteiger partial charge in [-0.25, -0.2) is 0 Å². The number of carbonyl (C=O) groups is 1. The van der Waals surface area contributed by atoms with E-state index in [9.17, 15) is 4.79 Å². The van der Waals surface area contributed by atoms with Crippen LogP contribution >= 0.6 is 27.5 Å². The number of anilines is 1. The standard InChI is InChI=1S/C12H16BrClN2O/c1-2-3-6-9(15)12(17)16-10-7-4-5-8(14)11(10)13/h4-5,7,9H,2-3,6,15H2,1H3,(H,16,17)/t9-/m0/s1. The van der Waals surface area contributed by atoms with Crippen LogP contribution in [0.5, 0.6) is 0 Å². The summed E-state index contributed by atoms with van der Waals surface area (Å²) in [7, 11) is 0. The highest BCUT2D eigenvalue weighted by molar-refractivity contribution is 9.10. The predicted molar refractivity (Wildman–Crippen MR) is 75.3 cm³/mol. The lowest BCUT2D eigenvalue weighted by atomic mass is 10.1. The van der Waals surface area contributed by atoms with Crippen LogP contribution < -0.4 is 11.1 Å². The number of rotatable bonds is 5. The normalized spacial score (nSPS) is 12.2. The summed E-state index contributed by atoms with van der Waals surface area (Å²) in [6, 6.07) is 4.83. The molecule has 0 aliphatic heterocycles. The summed E-state index contributed by atoms with van der Waals surface area (Å²) in [5.41, 5.74) is 6.43. The van der Waals surface area contributed by atoms with Gasteiger partial charge in [-0.15, -0.1) is 0 Å². The third-order valence-electron chi connectivity index (χ3n) is 2.41. The number of halogens is 2. The maximum absolute atomic E-state index is 11.8. The van der Waals surface area contributed by atoms with E-state index < -0.39 is 6.04 Å². The predicted octanol–water partition coefficient (Wildman–Crippen LogP) is 3.56. The Bertz CT molecular complexity index is 398. The molecule has 1 rings (SSSR count). The maximum atomic E-state index is 11.8. The Balaban J connectivity index is 2.64. The fourth-order valence-corrected chi connectivity index (χ4v) is 1.92. The molecule has 1 aromatic rings. The van der Waals surface area contributed by atoms with E-state index in [1.807, 2.05) is 0 Å². The molecule has 1 amide bonds. The van der Waals surface area contributed by atoms with Gasteiger partial charge in [0.15, 0.2) is 0 Å². The molecule has 0 aromatic heterocycles. The largest absolute Gasteiger partial charge is 0.324 e. The van der Waals surface area contributed by atoms with Crippen LogP contribution in [0.3, 0.4) is 0 Å². The van der Waals surface area contributed by atoms with Crippen molar-refractivity contribution in [2.24, 2.45) is 5.73 Å². The van der Waals surface area contributed by atoms with Crippen molar-refractivity contribution in [3.8, 4) is 0 Å². The number of nitrogens with one attached hydrogen (secondary N) is 1. The first kappa shape index (κ1) is 14.5. The Labute approximate surface area is 115 Å². The fourth-order valence-electron chi connectivity index (χ4n) is 1.38. The Kier molecular flexibility index (Phi) is 5.95. The van der Waals surface area contributed by atoms with Crippen molar-refractivity contribution < 1.29 is 4.79 Å². The molecule has 0 fully saturated rings. The van der Waals surface area contributed by atoms with Crippen LogP contribution in [0.15, 0.2) is 22.7 Å². The van der Waals surface area contributed by atoms with Gasteiger partial charge in [0.1, 0.15) is 0 Å². The highest BCUT2D eigenvalue weighted by atomic mass is 79.9. The molecular weight excluding hydrogens is 304 g/mol. The SMILES string of the molecule is CCCC[C@H](N)C(=O)Nc1cccc(Cl)c1Br. The highest BCUT2D eigenvalue weighted by Crippen LogP contribution is 2.30. The van der Waals surface area contributed by atoms with Gasteiger partial charge in [-0.05, 0) is 34.5 Å². The van der Waals surface area contributed by atoms with Crippen molar-refractivity contribution in [3.05, 3.63) is 27.7 Å². The van der Waals surface area contributed by atoms with Gasteiger partial charge in [-0.3, -0.25) is 4.79 Å². The number of amides is 1. The van der Waals surface area contributed by atoms with Crippen LogP contribution in [0.1, 0.15) is 26.2 Å². The molecule has 0 aliphatic rings. The molecule has 0 radical (unpaired) electrons. The van der Waals surface area contributed by atoms with Crippen LogP contribution in [-0.4, -0.2) is 11.9 Å². The first-order chi connectivity index (χ1) is 8.06. The van der Waals surface area contributed by atoms with Crippen LogP contribution in [0.25, 0.3) is 0 Å². The second-order valence-corrected chi connectivity index (χ2v) is 5.04. The second kappa shape index (κ2) is 6.99. The summed E-state index contributed by atoms with van der Waals surface area (Å²) in [6.07, 6.45) is 2.67. The molecule has 3 N–H and O–H groups in total. The van der Waals surface area contributed by atoms with Gasteiger partial charge < -0.3 is 11.1 Å². The van der Waals surface area contributed by atoms with Gasteiger partial charge in [0.05, 0.1) is 21.2 Å². The third kappa shape index (κ3) is 4.30. The van der Waals surface area contributed by atoms with Gasteiger partial charge in [0, 0.05) is 0 Å². The molecule has 1 aromatic carbocycles. The minimum absolute atomic E-state index is 0.179. The molecule has 17 heavy (non-hydrogen) atoms. The first-order valence-corrected chi connectivity index (χ1v) is 6.73. The average Bonchev–Trinajstić information content (AvgIpc) is 2.31. The molecule has 0 saturated carbocycles. The molecule has 0 spiro atoms. The molecule has 0 unspecified atom stereocenters. The van der Waals surface area contributed by atoms with Crippen LogP contribution in [0.2, 0.25) is 5.02 Å². The van der Waals surface area contributed by atoms with Gasteiger partial charge in [-0.2, -0.15) is 0 Å². The fraction of sp³-hybridized carbons (Fsp3) is 0.417. The number of unbranched alkanes of at least 4 members (excludes halogenated alkanes) is 1. The zero-order chi connectivity index (χ0) is 12.8. The van der Waals surface area contributed by atoms with Crippen molar-refractivity contribution in [2.75, 3.05) is 5.32 Å². The minimum Gasteiger partial charge on any atom is -0.324 e. The van der Waals surface area contributed by atoms with E-state index in [1.165, 1.54) is 0 Å². The van der Waals surface area contributed by atoms with E-state index in [-0.39, 0.29) is 5.91 Å². The lowest BCUT2D eigenvalue weighted by Crippen LogP contribution is -2.35. The van der Waals surface area contributed by atoms with Crippen LogP contribution in [0.4, 0.5) is 5.69 Å². The Morgan fingerprint density at radius 3 is 2.94 bits per heavy atom. The quantitative estimate of drug-likeness (QED) is 0.872. The van der Waals surface area contributed by atoms with Crippen molar-refractivity contribution in [1.29, 1.82) is 0 Å². The van der Waals surface area contributed by atoms with Gasteiger partial charge in [-0.1, -0.05) is 37.4 Å². The summed E-state index contributed by atoms with van der Waals surface area (Å²) in [6.45, 7) is 2.07. The molecule has 1 atom stereocenters. The van der Waals surface area contributed by atoms with Gasteiger partial charge in [0.25, 0.3) is 0 Å². The molecule has 5 heteroatoms. The van der Waals surface area contributed by atoms with Gasteiger partial charge in [0.2, 0.25) is 5.91 Å². The van der Waals surface area contributed by atoms with E-state index in [4.69, 9.17) is 17.3 Å². The molecular formula is C12H16BrClN2O. The first-order valence-electron chi connectivity index (χ1n) is 5.56. The van der Waals surface area contributed by atoms with Crippen LogP contribution in [0, 0.1) is 0 Å². The topological polar surface area (TPSA) is 55.1 Å². The maximum Gasteiger partial charge on any atom is 0.241 e. The Morgan fingerprint density at radius 1 is 1.59 bits per heavy atom. The molecule has 0 heterocycles. The van der Waals surface area contributed by atoms with Crippen LogP contribution in [-0.2, 0) is 4.79 Å². The third-order valence-corrected chi connectivity index (χ3v) is 3.81. The Hall–Kier alpha value is -0.580. The molecule has 0 saturated heterocycles. The summed E-state index contributed by atoms with van der Waals surface area (Å²) >= 11 is 9.25. The summed E-state index contributed by atoms with van der Waals surface area (Å²) in [5.74, 6) is -0.179. The molecule has 0 aliphatic carbocycles. The minimum atomic E-state index is -0.471. The number of carbonyl (C=O) groups excluding carboxylic acids is 1. The number of hydrogen-bond donors (Lipinski definition) is 2. The van der Waals surface area contributed by atoms with E-state index in [1.54, 1.807) is 18.2 Å². The lowest BCUT2D eigenvalue weighted by Gasteiger charge is -2.13. The summed E-state index contributed by atoms with van der Waals surface area (Å²) in [5, 5.41) is 3.32. The summed E-state index contributed by atoms with van der Waals surface area (Å²) < 4.78 is 0.678. The summed E-state index contributed by atoms with van der Waals surface area (Å²) in [4.78, 5) is 11.8. The number of hydrogen-bond acceptors (Lipinski definition) is 2. The molecule has 0 bridgehead atoms. The van der Waals surface area contributed by atoms with Crippen molar-refractivity contribution in [1.82, 2.24) is 0 Å². The average molecular weight is 320 g/mol. The van der Waals surface area contributed by atoms with E-state index in [2.05, 4.69) is 28.2 Å². The number of benzene rings is 1. The van der Waals surface area contributed by atoms with Crippen molar-refractivity contribution in [3.63, 3.8) is 0 Å². The lowest BCUT2D eigenvalue weighted by molar-refractivity contribution is -0.117. The number of nitrogens with two attached hydrogens (primary N) is 1. The zero-order valence-electron chi connectivity index (χ0n) is 9.67.